The summed E-state index contributed by atoms with van der Waals surface area (Å²) < 4.78 is 0. The molecule has 6 amide bonds. The lowest BCUT2D eigenvalue weighted by atomic mass is 10.00. The molecule has 0 aliphatic rings. The van der Waals surface area contributed by atoms with Gasteiger partial charge in [-0.15, -0.1) is 0 Å². The van der Waals surface area contributed by atoms with Crippen molar-refractivity contribution >= 4 is 70.6 Å². The van der Waals surface area contributed by atoms with Crippen molar-refractivity contribution in [2.75, 3.05) is 0 Å². The normalized spacial score (nSPS) is 14.0. The molecule has 0 aliphatic heterocycles. The Hall–Kier alpha value is -4.44. The minimum atomic E-state index is -1.72. The van der Waals surface area contributed by atoms with E-state index in [0.717, 1.165) is 6.92 Å². The van der Waals surface area contributed by atoms with E-state index in [0.29, 0.717) is 5.56 Å². The van der Waals surface area contributed by atoms with Crippen LogP contribution in [0.15, 0.2) is 18.2 Å². The van der Waals surface area contributed by atoms with E-state index < -0.39 is 84.0 Å². The molecule has 0 heterocycles. The number of carboxylic acids is 2. The van der Waals surface area contributed by atoms with Gasteiger partial charge in [-0.05, 0) is 48.8 Å². The number of nitrogens with one attached hydrogen (secondary N) is 5. The minimum absolute atomic E-state index is 0.0201. The highest BCUT2D eigenvalue weighted by atomic mass is 35.5. The number of aliphatic carboxylic acids is 2. The van der Waals surface area contributed by atoms with Gasteiger partial charge in [0.2, 0.25) is 35.4 Å². The number of carboxylic acid groups (broad SMARTS) is 2. The molecule has 0 fully saturated rings. The lowest BCUT2D eigenvalue weighted by Crippen LogP contribution is -2.59. The topological polar surface area (TPSA) is 263 Å². The van der Waals surface area contributed by atoms with Crippen LogP contribution in [-0.2, 0) is 44.8 Å². The Morgan fingerprint density at radius 2 is 1.14 bits per heavy atom. The van der Waals surface area contributed by atoms with Crippen LogP contribution in [0, 0.1) is 11.8 Å². The van der Waals surface area contributed by atoms with Crippen molar-refractivity contribution in [3.63, 3.8) is 0 Å². The third kappa shape index (κ3) is 16.3. The maximum Gasteiger partial charge on any atom is 0.326 e. The summed E-state index contributed by atoms with van der Waals surface area (Å²) in [6.07, 6.45) is -1.42. The van der Waals surface area contributed by atoms with Crippen molar-refractivity contribution in [3.8, 4) is 0 Å². The summed E-state index contributed by atoms with van der Waals surface area (Å²) in [6, 6.07) is -2.55. The first-order chi connectivity index (χ1) is 23.2. The molecular weight excluding hydrogens is 699 g/mol. The monoisotopic (exact) mass is 744 g/mol. The summed E-state index contributed by atoms with van der Waals surface area (Å²) >= 11 is 12.0. The fourth-order valence-electron chi connectivity index (χ4n) is 4.78. The van der Waals surface area contributed by atoms with E-state index in [9.17, 15) is 48.6 Å². The lowest BCUT2D eigenvalue weighted by Gasteiger charge is -2.27. The van der Waals surface area contributed by atoms with E-state index in [1.54, 1.807) is 33.8 Å². The molecule has 1 aromatic rings. The number of rotatable bonds is 21. The van der Waals surface area contributed by atoms with Gasteiger partial charge in [0.05, 0.1) is 16.5 Å². The quantitative estimate of drug-likeness (QED) is 0.0881. The molecule has 16 nitrogen and oxygen atoms in total. The third-order valence-corrected chi connectivity index (χ3v) is 7.84. The maximum atomic E-state index is 13.4. The predicted molar refractivity (Wildman–Crippen MR) is 183 cm³/mol. The third-order valence-electron chi connectivity index (χ3n) is 7.10. The molecule has 5 atom stereocenters. The molecule has 0 spiro atoms. The standard InChI is InChI=1S/C32H46Cl2N6O10/c1-15(2)10-22(37-28(45)21(36-17(5)41)8-9-26(35)42)29(46)39-24(14-27(43)44)31(48)38-23(11-16(3)4)30(47)40-25(32(49)50)13-18-6-7-19(33)20(34)12-18/h6-7,12,15-16,21-25H,8-11,13-14H2,1-5H3,(H2,35,42)(H,36,41)(H,37,45)(H,38,48)(H,39,46)(H,40,47)(H,43,44)(H,49,50)/t21-,22-,23-,24-,25-/m0/s1. The summed E-state index contributed by atoms with van der Waals surface area (Å²) in [6.45, 7) is 8.12. The second kappa shape index (κ2) is 20.9. The molecule has 0 aromatic heterocycles. The molecule has 1 aromatic carbocycles. The van der Waals surface area contributed by atoms with Gasteiger partial charge < -0.3 is 42.5 Å². The molecule has 0 bridgehead atoms. The second-order valence-corrected chi connectivity index (χ2v) is 13.5. The zero-order valence-electron chi connectivity index (χ0n) is 28.5. The first kappa shape index (κ1) is 43.6. The van der Waals surface area contributed by atoms with Gasteiger partial charge in [-0.1, -0.05) is 57.0 Å². The van der Waals surface area contributed by atoms with Gasteiger partial charge in [-0.25, -0.2) is 4.79 Å². The van der Waals surface area contributed by atoms with E-state index in [-0.39, 0.29) is 54.0 Å². The fraction of sp³-hybridized carbons (Fsp3) is 0.562. The number of nitrogens with two attached hydrogens (primary N) is 1. The molecule has 278 valence electrons. The van der Waals surface area contributed by atoms with E-state index in [2.05, 4.69) is 26.6 Å². The molecular formula is C32H46Cl2N6O10. The SMILES string of the molecule is CC(=O)N[C@@H](CCC(N)=O)C(=O)N[C@@H](CC(C)C)C(=O)N[C@@H](CC(=O)O)C(=O)N[C@@H](CC(C)C)C(=O)N[C@@H](Cc1ccc(Cl)c(Cl)c1)C(=O)O. The number of carbonyl (C=O) groups is 8. The van der Waals surface area contributed by atoms with Crippen LogP contribution in [0.1, 0.15) is 72.3 Å². The highest BCUT2D eigenvalue weighted by Gasteiger charge is 2.34. The Morgan fingerprint density at radius 1 is 0.680 bits per heavy atom. The first-order valence-electron chi connectivity index (χ1n) is 15.8. The van der Waals surface area contributed by atoms with Crippen molar-refractivity contribution < 1.29 is 48.6 Å². The van der Waals surface area contributed by atoms with Crippen LogP contribution in [0.25, 0.3) is 0 Å². The highest BCUT2D eigenvalue weighted by molar-refractivity contribution is 6.42. The Bertz CT molecular complexity index is 1420. The van der Waals surface area contributed by atoms with Crippen LogP contribution < -0.4 is 32.3 Å². The average Bonchev–Trinajstić information content (AvgIpc) is 2.98. The number of benzene rings is 1. The van der Waals surface area contributed by atoms with Crippen LogP contribution in [0.5, 0.6) is 0 Å². The predicted octanol–water partition coefficient (Wildman–Crippen LogP) is 0.897. The van der Waals surface area contributed by atoms with Crippen molar-refractivity contribution in [2.45, 2.75) is 103 Å². The van der Waals surface area contributed by atoms with E-state index >= 15 is 0 Å². The van der Waals surface area contributed by atoms with Gasteiger partial charge in [0.1, 0.15) is 30.2 Å². The summed E-state index contributed by atoms with van der Waals surface area (Å²) in [5.74, 6) is -8.20. The van der Waals surface area contributed by atoms with Crippen LogP contribution >= 0.6 is 23.2 Å². The van der Waals surface area contributed by atoms with Gasteiger partial charge in [0.15, 0.2) is 0 Å². The van der Waals surface area contributed by atoms with Crippen LogP contribution in [0.3, 0.4) is 0 Å². The van der Waals surface area contributed by atoms with E-state index in [1.165, 1.54) is 12.1 Å². The number of primary amides is 1. The summed E-state index contributed by atoms with van der Waals surface area (Å²) in [4.78, 5) is 100. The highest BCUT2D eigenvalue weighted by Crippen LogP contribution is 2.23. The Kier molecular flexibility index (Phi) is 18.2. The molecule has 0 unspecified atom stereocenters. The number of carbonyl (C=O) groups excluding carboxylic acids is 6. The number of hydrogen-bond donors (Lipinski definition) is 8. The summed E-state index contributed by atoms with van der Waals surface area (Å²) in [7, 11) is 0. The Balaban J connectivity index is 3.23. The van der Waals surface area contributed by atoms with Crippen LogP contribution in [0.2, 0.25) is 10.0 Å². The molecule has 0 aliphatic carbocycles. The molecule has 0 saturated carbocycles. The van der Waals surface area contributed by atoms with E-state index in [4.69, 9.17) is 28.9 Å². The molecule has 1 rings (SSSR count). The smallest absolute Gasteiger partial charge is 0.326 e. The van der Waals surface area contributed by atoms with Gasteiger partial charge in [-0.2, -0.15) is 0 Å². The minimum Gasteiger partial charge on any atom is -0.481 e. The van der Waals surface area contributed by atoms with Crippen LogP contribution in [0.4, 0.5) is 0 Å². The Labute approximate surface area is 299 Å². The van der Waals surface area contributed by atoms with Crippen molar-refractivity contribution in [1.82, 2.24) is 26.6 Å². The zero-order valence-corrected chi connectivity index (χ0v) is 30.0. The van der Waals surface area contributed by atoms with Gasteiger partial charge >= 0.3 is 11.9 Å². The largest absolute Gasteiger partial charge is 0.481 e. The van der Waals surface area contributed by atoms with Crippen LogP contribution in [-0.4, -0.2) is 87.8 Å². The number of amides is 6. The summed E-state index contributed by atoms with van der Waals surface area (Å²) in [5, 5.41) is 31.8. The van der Waals surface area contributed by atoms with Gasteiger partial charge in [0, 0.05) is 19.8 Å². The molecule has 0 radical (unpaired) electrons. The fourth-order valence-corrected chi connectivity index (χ4v) is 5.10. The molecule has 9 N–H and O–H groups in total. The lowest BCUT2D eigenvalue weighted by molar-refractivity contribution is -0.143. The number of hydrogen-bond acceptors (Lipinski definition) is 8. The zero-order chi connectivity index (χ0) is 38.3. The Morgan fingerprint density at radius 3 is 1.56 bits per heavy atom. The first-order valence-corrected chi connectivity index (χ1v) is 16.6. The number of halogens is 2. The van der Waals surface area contributed by atoms with Gasteiger partial charge in [-0.3, -0.25) is 33.6 Å². The molecule has 50 heavy (non-hydrogen) atoms. The molecule has 18 heteroatoms. The van der Waals surface area contributed by atoms with Crippen molar-refractivity contribution in [3.05, 3.63) is 33.8 Å². The maximum absolute atomic E-state index is 13.4. The van der Waals surface area contributed by atoms with Gasteiger partial charge in [0.25, 0.3) is 0 Å². The van der Waals surface area contributed by atoms with Crippen molar-refractivity contribution in [2.24, 2.45) is 17.6 Å². The van der Waals surface area contributed by atoms with E-state index in [1.807, 2.05) is 0 Å². The average molecular weight is 746 g/mol. The molecule has 0 saturated heterocycles. The summed E-state index contributed by atoms with van der Waals surface area (Å²) in [5.41, 5.74) is 5.63. The second-order valence-electron chi connectivity index (χ2n) is 12.7. The van der Waals surface area contributed by atoms with Crippen molar-refractivity contribution in [1.29, 1.82) is 0 Å².